The Labute approximate surface area is 168 Å². The Balaban J connectivity index is 1.58. The minimum Gasteiger partial charge on any atom is -0.481 e. The molecule has 150 valence electrons. The first-order valence-corrected chi connectivity index (χ1v) is 10.4. The van der Waals surface area contributed by atoms with Gasteiger partial charge in [0.05, 0.1) is 6.04 Å². The lowest BCUT2D eigenvalue weighted by atomic mass is 9.99. The summed E-state index contributed by atoms with van der Waals surface area (Å²) in [5.74, 6) is 1.40. The van der Waals surface area contributed by atoms with Crippen LogP contribution in [0.15, 0.2) is 54.6 Å². The van der Waals surface area contributed by atoms with E-state index in [1.54, 1.807) is 0 Å². The molecule has 1 fully saturated rings. The number of nitrogens with zero attached hydrogens (tertiary/aromatic N) is 1. The van der Waals surface area contributed by atoms with E-state index in [-0.39, 0.29) is 11.9 Å². The minimum absolute atomic E-state index is 0.0600. The third kappa shape index (κ3) is 5.28. The van der Waals surface area contributed by atoms with Crippen LogP contribution in [-0.4, -0.2) is 25.1 Å². The zero-order chi connectivity index (χ0) is 19.9. The molecule has 1 aliphatic rings. The molecule has 0 radical (unpaired) electrons. The van der Waals surface area contributed by atoms with Crippen molar-refractivity contribution in [3.05, 3.63) is 60.2 Å². The largest absolute Gasteiger partial charge is 0.481 e. The number of anilines is 1. The smallest absolute Gasteiger partial charge is 0.261 e. The van der Waals surface area contributed by atoms with Crippen LogP contribution in [0.1, 0.15) is 51.6 Å². The Morgan fingerprint density at radius 2 is 1.89 bits per heavy atom. The fourth-order valence-corrected chi connectivity index (χ4v) is 3.77. The molecule has 0 bridgehead atoms. The fourth-order valence-electron chi connectivity index (χ4n) is 3.77. The normalized spacial score (nSPS) is 19.0. The molecule has 1 aliphatic heterocycles. The van der Waals surface area contributed by atoms with Gasteiger partial charge in [-0.05, 0) is 61.9 Å². The summed E-state index contributed by atoms with van der Waals surface area (Å²) in [4.78, 5) is 15.1. The highest BCUT2D eigenvalue weighted by atomic mass is 16.5. The molecular formula is C24H32N2O2. The summed E-state index contributed by atoms with van der Waals surface area (Å²) in [6.45, 7) is 8.56. The van der Waals surface area contributed by atoms with Crippen LogP contribution in [0.4, 0.5) is 5.69 Å². The van der Waals surface area contributed by atoms with Crippen molar-refractivity contribution in [3.63, 3.8) is 0 Å². The second kappa shape index (κ2) is 9.63. The maximum Gasteiger partial charge on any atom is 0.261 e. The third-order valence-corrected chi connectivity index (χ3v) is 5.46. The number of piperidine rings is 1. The van der Waals surface area contributed by atoms with E-state index in [2.05, 4.69) is 41.4 Å². The SMILES string of the molecule is CC[C@H](Oc1ccccc1)C(=O)N[C@@H](C)c1ccc(N2CCC[C@H](C)C2)cc1. The van der Waals surface area contributed by atoms with Gasteiger partial charge in [0, 0.05) is 18.8 Å². The summed E-state index contributed by atoms with van der Waals surface area (Å²) in [7, 11) is 0. The number of para-hydroxylation sites is 1. The lowest BCUT2D eigenvalue weighted by Crippen LogP contribution is -2.39. The molecule has 2 aromatic carbocycles. The number of hydrogen-bond acceptors (Lipinski definition) is 3. The van der Waals surface area contributed by atoms with Crippen LogP contribution in [0.3, 0.4) is 0 Å². The Hall–Kier alpha value is -2.49. The van der Waals surface area contributed by atoms with Gasteiger partial charge >= 0.3 is 0 Å². The van der Waals surface area contributed by atoms with Gasteiger partial charge in [-0.2, -0.15) is 0 Å². The van der Waals surface area contributed by atoms with Gasteiger partial charge in [0.25, 0.3) is 5.91 Å². The number of ether oxygens (including phenoxy) is 1. The zero-order valence-corrected chi connectivity index (χ0v) is 17.2. The second-order valence-electron chi connectivity index (χ2n) is 7.84. The number of rotatable bonds is 7. The first-order chi connectivity index (χ1) is 13.6. The number of nitrogens with one attached hydrogen (secondary N) is 1. The van der Waals surface area contributed by atoms with Gasteiger partial charge in [-0.25, -0.2) is 0 Å². The molecule has 4 heteroatoms. The monoisotopic (exact) mass is 380 g/mol. The van der Waals surface area contributed by atoms with E-state index in [4.69, 9.17) is 4.74 Å². The molecule has 1 heterocycles. The van der Waals surface area contributed by atoms with E-state index in [1.165, 1.54) is 18.5 Å². The van der Waals surface area contributed by atoms with Gasteiger partial charge in [0.15, 0.2) is 6.10 Å². The lowest BCUT2D eigenvalue weighted by molar-refractivity contribution is -0.128. The van der Waals surface area contributed by atoms with Crippen molar-refractivity contribution in [2.24, 2.45) is 5.92 Å². The van der Waals surface area contributed by atoms with Crippen molar-refractivity contribution in [3.8, 4) is 5.75 Å². The number of carbonyl (C=O) groups is 1. The van der Waals surface area contributed by atoms with Gasteiger partial charge in [-0.15, -0.1) is 0 Å². The number of amides is 1. The Bertz CT molecular complexity index is 745. The number of carbonyl (C=O) groups excluding carboxylic acids is 1. The maximum atomic E-state index is 12.7. The molecule has 0 unspecified atom stereocenters. The summed E-state index contributed by atoms with van der Waals surface area (Å²) in [6.07, 6.45) is 2.72. The molecule has 0 saturated carbocycles. The molecule has 3 atom stereocenters. The van der Waals surface area contributed by atoms with Crippen LogP contribution in [0.5, 0.6) is 5.75 Å². The van der Waals surface area contributed by atoms with Crippen molar-refractivity contribution in [1.82, 2.24) is 5.32 Å². The van der Waals surface area contributed by atoms with E-state index >= 15 is 0 Å². The molecule has 0 aliphatic carbocycles. The Kier molecular flexibility index (Phi) is 6.96. The van der Waals surface area contributed by atoms with Crippen LogP contribution in [0.25, 0.3) is 0 Å². The van der Waals surface area contributed by atoms with Gasteiger partial charge in [0.1, 0.15) is 5.75 Å². The van der Waals surface area contributed by atoms with Crippen molar-refractivity contribution in [2.45, 2.75) is 52.2 Å². The van der Waals surface area contributed by atoms with Crippen molar-refractivity contribution >= 4 is 11.6 Å². The molecule has 1 saturated heterocycles. The molecule has 3 rings (SSSR count). The summed E-state index contributed by atoms with van der Waals surface area (Å²) < 4.78 is 5.85. The maximum absolute atomic E-state index is 12.7. The van der Waals surface area contributed by atoms with E-state index < -0.39 is 6.10 Å². The topological polar surface area (TPSA) is 41.6 Å². The summed E-state index contributed by atoms with van der Waals surface area (Å²) in [5.41, 5.74) is 2.38. The molecule has 1 amide bonds. The molecular weight excluding hydrogens is 348 g/mol. The molecule has 0 aromatic heterocycles. The first-order valence-electron chi connectivity index (χ1n) is 10.4. The number of hydrogen-bond donors (Lipinski definition) is 1. The van der Waals surface area contributed by atoms with Crippen LogP contribution < -0.4 is 15.0 Å². The van der Waals surface area contributed by atoms with Gasteiger partial charge in [0.2, 0.25) is 0 Å². The summed E-state index contributed by atoms with van der Waals surface area (Å²) >= 11 is 0. The van der Waals surface area contributed by atoms with Crippen LogP contribution in [0, 0.1) is 5.92 Å². The summed E-state index contributed by atoms with van der Waals surface area (Å²) in [5, 5.41) is 3.10. The highest BCUT2D eigenvalue weighted by Crippen LogP contribution is 2.25. The third-order valence-electron chi connectivity index (χ3n) is 5.46. The van der Waals surface area contributed by atoms with Crippen LogP contribution >= 0.6 is 0 Å². The first kappa shape index (κ1) is 20.2. The van der Waals surface area contributed by atoms with Crippen molar-refractivity contribution in [2.75, 3.05) is 18.0 Å². The van der Waals surface area contributed by atoms with Gasteiger partial charge in [-0.3, -0.25) is 4.79 Å². The predicted octanol–water partition coefficient (Wildman–Crippen LogP) is 4.96. The molecule has 2 aromatic rings. The van der Waals surface area contributed by atoms with Gasteiger partial charge in [-0.1, -0.05) is 44.2 Å². The highest BCUT2D eigenvalue weighted by Gasteiger charge is 2.21. The Morgan fingerprint density at radius 3 is 2.54 bits per heavy atom. The molecule has 0 spiro atoms. The average Bonchev–Trinajstić information content (AvgIpc) is 2.72. The Morgan fingerprint density at radius 1 is 1.18 bits per heavy atom. The van der Waals surface area contributed by atoms with E-state index in [0.717, 1.165) is 30.3 Å². The van der Waals surface area contributed by atoms with Gasteiger partial charge < -0.3 is 15.0 Å². The summed E-state index contributed by atoms with van der Waals surface area (Å²) in [6, 6.07) is 18.0. The van der Waals surface area contributed by atoms with Crippen molar-refractivity contribution < 1.29 is 9.53 Å². The van der Waals surface area contributed by atoms with Crippen molar-refractivity contribution in [1.29, 1.82) is 0 Å². The van der Waals surface area contributed by atoms with Crippen LogP contribution in [-0.2, 0) is 4.79 Å². The van der Waals surface area contributed by atoms with E-state index in [1.807, 2.05) is 44.2 Å². The molecule has 4 nitrogen and oxygen atoms in total. The second-order valence-corrected chi connectivity index (χ2v) is 7.84. The standard InChI is InChI=1S/C24H32N2O2/c1-4-23(28-22-10-6-5-7-11-22)24(27)25-19(3)20-12-14-21(15-13-20)26-16-8-9-18(2)17-26/h5-7,10-15,18-19,23H,4,8-9,16-17H2,1-3H3,(H,25,27)/t18-,19-,23-/m0/s1. The predicted molar refractivity (Wildman–Crippen MR) is 115 cm³/mol. The average molecular weight is 381 g/mol. The van der Waals surface area contributed by atoms with E-state index in [9.17, 15) is 4.79 Å². The quantitative estimate of drug-likeness (QED) is 0.738. The minimum atomic E-state index is -0.487. The zero-order valence-electron chi connectivity index (χ0n) is 17.2. The fraction of sp³-hybridized carbons (Fsp3) is 0.458. The van der Waals surface area contributed by atoms with E-state index in [0.29, 0.717) is 6.42 Å². The lowest BCUT2D eigenvalue weighted by Gasteiger charge is -2.33. The molecule has 28 heavy (non-hydrogen) atoms. The van der Waals surface area contributed by atoms with Crippen LogP contribution in [0.2, 0.25) is 0 Å². The number of benzene rings is 2. The highest BCUT2D eigenvalue weighted by molar-refractivity contribution is 5.81. The molecule has 1 N–H and O–H groups in total.